The number of amides is 1. The molecule has 1 heterocycles. The number of benzene rings is 1. The Balaban J connectivity index is 0.00000220. The van der Waals surface area contributed by atoms with Crippen molar-refractivity contribution in [1.82, 2.24) is 10.6 Å². The third-order valence-corrected chi connectivity index (χ3v) is 4.25. The van der Waals surface area contributed by atoms with Gasteiger partial charge in [-0.15, -0.1) is 12.4 Å². The van der Waals surface area contributed by atoms with E-state index >= 15 is 0 Å². The summed E-state index contributed by atoms with van der Waals surface area (Å²) in [4.78, 5) is 12.2. The number of rotatable bonds is 3. The van der Waals surface area contributed by atoms with Gasteiger partial charge < -0.3 is 10.6 Å². The Hall–Kier alpha value is -0.550. The topological polar surface area (TPSA) is 41.1 Å². The van der Waals surface area contributed by atoms with E-state index in [0.29, 0.717) is 17.1 Å². The van der Waals surface area contributed by atoms with Crippen LogP contribution in [0.15, 0.2) is 12.1 Å². The van der Waals surface area contributed by atoms with Gasteiger partial charge >= 0.3 is 0 Å². The quantitative estimate of drug-likeness (QED) is 0.811. The summed E-state index contributed by atoms with van der Waals surface area (Å²) >= 11 is 12.0. The van der Waals surface area contributed by atoms with E-state index in [0.717, 1.165) is 19.4 Å². The minimum atomic E-state index is -0.536. The lowest BCUT2D eigenvalue weighted by molar-refractivity contribution is -0.126. The van der Waals surface area contributed by atoms with E-state index < -0.39 is 11.9 Å². The predicted molar refractivity (Wildman–Crippen MR) is 85.8 cm³/mol. The molecule has 1 aliphatic rings. The third kappa shape index (κ3) is 4.46. The van der Waals surface area contributed by atoms with Gasteiger partial charge in [-0.3, -0.25) is 4.79 Å². The van der Waals surface area contributed by atoms with Gasteiger partial charge in [0, 0.05) is 17.1 Å². The van der Waals surface area contributed by atoms with Gasteiger partial charge in [0.25, 0.3) is 0 Å². The molecule has 1 aromatic carbocycles. The SMILES string of the molecule is CC(NC(=O)C1CCCNC1)c1c(Cl)ccc(F)c1Cl.Cl. The summed E-state index contributed by atoms with van der Waals surface area (Å²) in [6, 6.07) is 2.23. The van der Waals surface area contributed by atoms with Crippen LogP contribution in [0.2, 0.25) is 10.0 Å². The molecular formula is C14H18Cl3FN2O. The van der Waals surface area contributed by atoms with Crippen molar-refractivity contribution in [3.63, 3.8) is 0 Å². The minimum Gasteiger partial charge on any atom is -0.349 e. The predicted octanol–water partition coefficient (Wildman–Crippen LogP) is 3.73. The maximum atomic E-state index is 13.5. The molecule has 1 aromatic rings. The lowest BCUT2D eigenvalue weighted by Gasteiger charge is -2.25. The average Bonchev–Trinajstić information content (AvgIpc) is 2.44. The average molecular weight is 356 g/mol. The summed E-state index contributed by atoms with van der Waals surface area (Å²) in [6.45, 7) is 3.37. The first-order chi connectivity index (χ1) is 9.50. The van der Waals surface area contributed by atoms with Gasteiger partial charge in [-0.1, -0.05) is 23.2 Å². The molecule has 0 saturated carbocycles. The minimum absolute atomic E-state index is 0. The number of carbonyl (C=O) groups excluding carboxylic acids is 1. The maximum Gasteiger partial charge on any atom is 0.224 e. The van der Waals surface area contributed by atoms with Gasteiger partial charge in [0.05, 0.1) is 17.0 Å². The molecule has 1 amide bonds. The Morgan fingerprint density at radius 2 is 2.19 bits per heavy atom. The van der Waals surface area contributed by atoms with E-state index in [-0.39, 0.29) is 29.3 Å². The van der Waals surface area contributed by atoms with Crippen LogP contribution in [0.1, 0.15) is 31.4 Å². The van der Waals surface area contributed by atoms with Gasteiger partial charge in [-0.2, -0.15) is 0 Å². The van der Waals surface area contributed by atoms with Crippen molar-refractivity contribution in [2.24, 2.45) is 5.92 Å². The van der Waals surface area contributed by atoms with E-state index in [1.165, 1.54) is 12.1 Å². The highest BCUT2D eigenvalue weighted by atomic mass is 35.5. The molecule has 2 atom stereocenters. The van der Waals surface area contributed by atoms with Crippen LogP contribution in [0.3, 0.4) is 0 Å². The van der Waals surface area contributed by atoms with Crippen LogP contribution in [0.4, 0.5) is 4.39 Å². The first-order valence-corrected chi connectivity index (χ1v) is 7.40. The number of nitrogens with one attached hydrogen (secondary N) is 2. The molecule has 0 aliphatic carbocycles. The second kappa shape index (κ2) is 8.18. The van der Waals surface area contributed by atoms with E-state index in [2.05, 4.69) is 10.6 Å². The zero-order valence-corrected chi connectivity index (χ0v) is 13.9. The third-order valence-electron chi connectivity index (χ3n) is 3.54. The molecular weight excluding hydrogens is 338 g/mol. The summed E-state index contributed by atoms with van der Waals surface area (Å²) in [6.07, 6.45) is 1.84. The number of hydrogen-bond acceptors (Lipinski definition) is 2. The fourth-order valence-corrected chi connectivity index (χ4v) is 3.12. The molecule has 2 N–H and O–H groups in total. The van der Waals surface area contributed by atoms with Crippen LogP contribution in [-0.4, -0.2) is 19.0 Å². The van der Waals surface area contributed by atoms with Crippen LogP contribution in [0.5, 0.6) is 0 Å². The maximum absolute atomic E-state index is 13.5. The molecule has 21 heavy (non-hydrogen) atoms. The Bertz CT molecular complexity index is 507. The van der Waals surface area contributed by atoms with E-state index in [4.69, 9.17) is 23.2 Å². The summed E-state index contributed by atoms with van der Waals surface area (Å²) in [5.41, 5.74) is 0.422. The molecule has 0 spiro atoms. The fourth-order valence-electron chi connectivity index (χ4n) is 2.42. The van der Waals surface area contributed by atoms with Gasteiger partial charge in [-0.05, 0) is 38.4 Å². The summed E-state index contributed by atoms with van der Waals surface area (Å²) < 4.78 is 13.5. The van der Waals surface area contributed by atoms with Crippen LogP contribution in [0.25, 0.3) is 0 Å². The van der Waals surface area contributed by atoms with Crippen molar-refractivity contribution in [3.8, 4) is 0 Å². The highest BCUT2D eigenvalue weighted by Gasteiger charge is 2.24. The van der Waals surface area contributed by atoms with Crippen molar-refractivity contribution in [1.29, 1.82) is 0 Å². The molecule has 2 rings (SSSR count). The molecule has 1 aliphatic heterocycles. The van der Waals surface area contributed by atoms with Crippen molar-refractivity contribution in [2.45, 2.75) is 25.8 Å². The zero-order valence-electron chi connectivity index (χ0n) is 11.6. The Labute approximate surface area is 140 Å². The monoisotopic (exact) mass is 354 g/mol. The molecule has 1 saturated heterocycles. The number of carbonyl (C=O) groups is 1. The molecule has 1 fully saturated rings. The normalized spacial score (nSPS) is 19.5. The lowest BCUT2D eigenvalue weighted by atomic mass is 9.98. The van der Waals surface area contributed by atoms with Crippen molar-refractivity contribution < 1.29 is 9.18 Å². The smallest absolute Gasteiger partial charge is 0.224 e. The van der Waals surface area contributed by atoms with Gasteiger partial charge in [0.15, 0.2) is 0 Å². The van der Waals surface area contributed by atoms with Crippen molar-refractivity contribution >= 4 is 41.5 Å². The highest BCUT2D eigenvalue weighted by Crippen LogP contribution is 2.32. The molecule has 0 bridgehead atoms. The lowest BCUT2D eigenvalue weighted by Crippen LogP contribution is -2.41. The van der Waals surface area contributed by atoms with Gasteiger partial charge in [0.1, 0.15) is 5.82 Å². The molecule has 7 heteroatoms. The first kappa shape index (κ1) is 18.5. The number of halogens is 4. The summed E-state index contributed by atoms with van der Waals surface area (Å²) in [5.74, 6) is -0.648. The summed E-state index contributed by atoms with van der Waals surface area (Å²) in [7, 11) is 0. The molecule has 3 nitrogen and oxygen atoms in total. The van der Waals surface area contributed by atoms with E-state index in [9.17, 15) is 9.18 Å². The van der Waals surface area contributed by atoms with Crippen molar-refractivity contribution in [2.75, 3.05) is 13.1 Å². The fraction of sp³-hybridized carbons (Fsp3) is 0.500. The Morgan fingerprint density at radius 1 is 1.48 bits per heavy atom. The molecule has 118 valence electrons. The highest BCUT2D eigenvalue weighted by molar-refractivity contribution is 6.36. The van der Waals surface area contributed by atoms with E-state index in [1.807, 2.05) is 0 Å². The number of piperidine rings is 1. The van der Waals surface area contributed by atoms with Gasteiger partial charge in [-0.25, -0.2) is 4.39 Å². The molecule has 0 aromatic heterocycles. The van der Waals surface area contributed by atoms with Crippen LogP contribution < -0.4 is 10.6 Å². The zero-order chi connectivity index (χ0) is 14.7. The Morgan fingerprint density at radius 3 is 2.81 bits per heavy atom. The van der Waals surface area contributed by atoms with Crippen LogP contribution >= 0.6 is 35.6 Å². The van der Waals surface area contributed by atoms with E-state index in [1.54, 1.807) is 6.92 Å². The van der Waals surface area contributed by atoms with Crippen LogP contribution in [0, 0.1) is 11.7 Å². The number of hydrogen-bond donors (Lipinski definition) is 2. The summed E-state index contributed by atoms with van der Waals surface area (Å²) in [5, 5.41) is 6.37. The van der Waals surface area contributed by atoms with Gasteiger partial charge in [0.2, 0.25) is 5.91 Å². The van der Waals surface area contributed by atoms with Crippen molar-refractivity contribution in [3.05, 3.63) is 33.6 Å². The Kier molecular flexibility index (Phi) is 7.21. The second-order valence-corrected chi connectivity index (χ2v) is 5.82. The first-order valence-electron chi connectivity index (χ1n) is 6.65. The second-order valence-electron chi connectivity index (χ2n) is 5.03. The molecule has 2 unspecified atom stereocenters. The van der Waals surface area contributed by atoms with Crippen LogP contribution in [-0.2, 0) is 4.79 Å². The largest absolute Gasteiger partial charge is 0.349 e. The molecule has 0 radical (unpaired) electrons. The standard InChI is InChI=1S/C14H17Cl2FN2O.ClH/c1-8(12-10(15)4-5-11(17)13(12)16)19-14(20)9-3-2-6-18-7-9;/h4-5,8-9,18H,2-3,6-7H2,1H3,(H,19,20);1H.